The number of ether oxygens (including phenoxy) is 2. The van der Waals surface area contributed by atoms with Gasteiger partial charge in [-0.25, -0.2) is 4.79 Å². The number of hydrogen-bond donors (Lipinski definition) is 1. The van der Waals surface area contributed by atoms with Crippen molar-refractivity contribution < 1.29 is 14.3 Å². The van der Waals surface area contributed by atoms with Crippen LogP contribution in [0, 0.1) is 0 Å². The summed E-state index contributed by atoms with van der Waals surface area (Å²) in [5.74, 6) is 1.46. The van der Waals surface area contributed by atoms with E-state index in [1.54, 1.807) is 11.9 Å². The highest BCUT2D eigenvalue weighted by Gasteiger charge is 2.17. The average Bonchev–Trinajstić information content (AvgIpc) is 2.63. The van der Waals surface area contributed by atoms with Gasteiger partial charge in [0, 0.05) is 18.6 Å². The smallest absolute Gasteiger partial charge is 0.317 e. The molecule has 1 aliphatic heterocycles. The fourth-order valence-corrected chi connectivity index (χ4v) is 2.86. The Kier molecular flexibility index (Phi) is 5.34. The van der Waals surface area contributed by atoms with Crippen molar-refractivity contribution in [2.45, 2.75) is 19.5 Å². The van der Waals surface area contributed by atoms with Crippen molar-refractivity contribution in [3.8, 4) is 11.5 Å². The zero-order chi connectivity index (χ0) is 17.8. The Morgan fingerprint density at radius 3 is 2.68 bits per heavy atom. The molecule has 1 N–H and O–H groups in total. The van der Waals surface area contributed by atoms with Crippen molar-refractivity contribution in [3.63, 3.8) is 0 Å². The molecule has 132 valence electrons. The van der Waals surface area contributed by atoms with Crippen LogP contribution in [-0.2, 0) is 6.54 Å². The summed E-state index contributed by atoms with van der Waals surface area (Å²) in [5.41, 5.74) is 1.87. The van der Waals surface area contributed by atoms with E-state index >= 15 is 0 Å². The second-order valence-corrected chi connectivity index (χ2v) is 6.43. The van der Waals surface area contributed by atoms with Crippen LogP contribution in [0.3, 0.4) is 0 Å². The maximum absolute atomic E-state index is 12.4. The van der Waals surface area contributed by atoms with Gasteiger partial charge in [-0.1, -0.05) is 35.9 Å². The third kappa shape index (κ3) is 4.17. The predicted octanol–water partition coefficient (Wildman–Crippen LogP) is 4.01. The first-order valence-corrected chi connectivity index (χ1v) is 8.57. The lowest BCUT2D eigenvalue weighted by Crippen LogP contribution is -2.38. The number of benzene rings is 2. The van der Waals surface area contributed by atoms with Gasteiger partial charge in [0.25, 0.3) is 0 Å². The first-order valence-electron chi connectivity index (χ1n) is 8.19. The van der Waals surface area contributed by atoms with Crippen molar-refractivity contribution in [2.24, 2.45) is 0 Å². The van der Waals surface area contributed by atoms with E-state index in [-0.39, 0.29) is 12.1 Å². The van der Waals surface area contributed by atoms with Crippen LogP contribution in [0.1, 0.15) is 24.1 Å². The highest BCUT2D eigenvalue weighted by Crippen LogP contribution is 2.32. The van der Waals surface area contributed by atoms with Crippen LogP contribution in [0.4, 0.5) is 4.79 Å². The maximum atomic E-state index is 12.4. The average molecular weight is 361 g/mol. The molecule has 0 aliphatic carbocycles. The largest absolute Gasteiger partial charge is 0.486 e. The Labute approximate surface area is 152 Å². The SMILES string of the molecule is CC(NC(=O)N(C)Cc1ccccc1Cl)c1ccc2c(c1)OCCO2. The van der Waals surface area contributed by atoms with Crippen molar-refractivity contribution in [3.05, 3.63) is 58.6 Å². The summed E-state index contributed by atoms with van der Waals surface area (Å²) >= 11 is 6.16. The highest BCUT2D eigenvalue weighted by molar-refractivity contribution is 6.31. The summed E-state index contributed by atoms with van der Waals surface area (Å²) in [6.07, 6.45) is 0. The molecule has 0 saturated carbocycles. The number of carbonyl (C=O) groups is 1. The van der Waals surface area contributed by atoms with Crippen molar-refractivity contribution in [1.82, 2.24) is 10.2 Å². The molecule has 0 saturated heterocycles. The number of rotatable bonds is 4. The fourth-order valence-electron chi connectivity index (χ4n) is 2.66. The van der Waals surface area contributed by atoms with Crippen molar-refractivity contribution in [1.29, 1.82) is 0 Å². The first kappa shape index (κ1) is 17.4. The van der Waals surface area contributed by atoms with Gasteiger partial charge in [-0.15, -0.1) is 0 Å². The number of halogens is 1. The Morgan fingerprint density at radius 1 is 1.20 bits per heavy atom. The fraction of sp³-hybridized carbons (Fsp3) is 0.316. The van der Waals surface area contributed by atoms with E-state index in [9.17, 15) is 4.79 Å². The van der Waals surface area contributed by atoms with Gasteiger partial charge in [-0.2, -0.15) is 0 Å². The van der Waals surface area contributed by atoms with Gasteiger partial charge in [0.15, 0.2) is 11.5 Å². The zero-order valence-electron chi connectivity index (χ0n) is 14.3. The molecule has 1 aliphatic rings. The summed E-state index contributed by atoms with van der Waals surface area (Å²) < 4.78 is 11.1. The molecular formula is C19H21ClN2O3. The van der Waals surface area contributed by atoms with Crippen LogP contribution in [0.2, 0.25) is 5.02 Å². The van der Waals surface area contributed by atoms with Gasteiger partial charge in [0.2, 0.25) is 0 Å². The predicted molar refractivity (Wildman–Crippen MR) is 97.3 cm³/mol. The minimum Gasteiger partial charge on any atom is -0.486 e. The van der Waals surface area contributed by atoms with E-state index in [1.807, 2.05) is 49.4 Å². The lowest BCUT2D eigenvalue weighted by atomic mass is 10.1. The normalized spacial score (nSPS) is 13.9. The molecule has 25 heavy (non-hydrogen) atoms. The van der Waals surface area contributed by atoms with E-state index in [4.69, 9.17) is 21.1 Å². The highest BCUT2D eigenvalue weighted by atomic mass is 35.5. The molecule has 1 atom stereocenters. The van der Waals surface area contributed by atoms with E-state index in [2.05, 4.69) is 5.32 Å². The van der Waals surface area contributed by atoms with E-state index in [0.717, 1.165) is 16.9 Å². The number of nitrogens with one attached hydrogen (secondary N) is 1. The van der Waals surface area contributed by atoms with Gasteiger partial charge in [0.1, 0.15) is 13.2 Å². The Morgan fingerprint density at radius 2 is 1.92 bits per heavy atom. The van der Waals surface area contributed by atoms with Gasteiger partial charge < -0.3 is 19.7 Å². The minimum atomic E-state index is -0.165. The van der Waals surface area contributed by atoms with Gasteiger partial charge >= 0.3 is 6.03 Å². The standard InChI is InChI=1S/C19H21ClN2O3/c1-13(14-7-8-17-18(11-14)25-10-9-24-17)21-19(23)22(2)12-15-5-3-4-6-16(15)20/h3-8,11,13H,9-10,12H2,1-2H3,(H,21,23). The minimum absolute atomic E-state index is 0.156. The lowest BCUT2D eigenvalue weighted by molar-refractivity contribution is 0.171. The van der Waals surface area contributed by atoms with Crippen LogP contribution in [0.25, 0.3) is 0 Å². The van der Waals surface area contributed by atoms with Gasteiger partial charge in [-0.3, -0.25) is 0 Å². The molecule has 0 aromatic heterocycles. The summed E-state index contributed by atoms with van der Waals surface area (Å²) in [5, 5.41) is 3.64. The third-order valence-electron chi connectivity index (χ3n) is 4.12. The quantitative estimate of drug-likeness (QED) is 0.896. The van der Waals surface area contributed by atoms with E-state index in [1.165, 1.54) is 0 Å². The molecule has 6 heteroatoms. The van der Waals surface area contributed by atoms with Crippen LogP contribution >= 0.6 is 11.6 Å². The molecule has 3 rings (SSSR count). The summed E-state index contributed by atoms with van der Waals surface area (Å²) in [6, 6.07) is 12.9. The Hall–Kier alpha value is -2.40. The maximum Gasteiger partial charge on any atom is 0.317 e. The summed E-state index contributed by atoms with van der Waals surface area (Å²) in [4.78, 5) is 14.1. The molecule has 5 nitrogen and oxygen atoms in total. The number of fused-ring (bicyclic) bond motifs is 1. The number of urea groups is 1. The molecule has 2 aromatic carbocycles. The van der Waals surface area contributed by atoms with E-state index < -0.39 is 0 Å². The van der Waals surface area contributed by atoms with Crippen LogP contribution < -0.4 is 14.8 Å². The first-order chi connectivity index (χ1) is 12.0. The van der Waals surface area contributed by atoms with Crippen molar-refractivity contribution in [2.75, 3.05) is 20.3 Å². The zero-order valence-corrected chi connectivity index (χ0v) is 15.0. The number of carbonyl (C=O) groups excluding carboxylic acids is 1. The van der Waals surface area contributed by atoms with Gasteiger partial charge in [0.05, 0.1) is 6.04 Å². The second-order valence-electron chi connectivity index (χ2n) is 6.02. The lowest BCUT2D eigenvalue weighted by Gasteiger charge is -2.24. The topological polar surface area (TPSA) is 50.8 Å². The molecule has 2 amide bonds. The monoisotopic (exact) mass is 360 g/mol. The third-order valence-corrected chi connectivity index (χ3v) is 4.49. The number of nitrogens with zero attached hydrogens (tertiary/aromatic N) is 1. The second kappa shape index (κ2) is 7.66. The van der Waals surface area contributed by atoms with Gasteiger partial charge in [-0.05, 0) is 36.2 Å². The molecule has 1 heterocycles. The molecular weight excluding hydrogens is 340 g/mol. The molecule has 0 spiro atoms. The Bertz CT molecular complexity index is 766. The van der Waals surface area contributed by atoms with Crippen molar-refractivity contribution >= 4 is 17.6 Å². The molecule has 0 fully saturated rings. The molecule has 0 bridgehead atoms. The molecule has 0 radical (unpaired) electrons. The van der Waals surface area contributed by atoms with Crippen LogP contribution in [-0.4, -0.2) is 31.2 Å². The number of hydrogen-bond acceptors (Lipinski definition) is 3. The Balaban J connectivity index is 1.63. The number of amides is 2. The molecule has 2 aromatic rings. The van der Waals surface area contributed by atoms with Crippen LogP contribution in [0.15, 0.2) is 42.5 Å². The van der Waals surface area contributed by atoms with Crippen LogP contribution in [0.5, 0.6) is 11.5 Å². The van der Waals surface area contributed by atoms with E-state index in [0.29, 0.717) is 30.5 Å². The summed E-state index contributed by atoms with van der Waals surface area (Å²) in [7, 11) is 1.75. The summed E-state index contributed by atoms with van der Waals surface area (Å²) in [6.45, 7) is 3.48. The molecule has 1 unspecified atom stereocenters.